The number of rotatable bonds is 0. The lowest BCUT2D eigenvalue weighted by atomic mass is 9.69. The Hall–Kier alpha value is -1.46. The topological polar surface area (TPSA) is 71.2 Å². The van der Waals surface area contributed by atoms with Gasteiger partial charge in [0, 0.05) is 36.7 Å². The van der Waals surface area contributed by atoms with Gasteiger partial charge in [-0.1, -0.05) is 6.07 Å². The van der Waals surface area contributed by atoms with Crippen LogP contribution in [0.25, 0.3) is 0 Å². The first-order valence-corrected chi connectivity index (χ1v) is 5.95. The molecule has 1 aromatic rings. The summed E-state index contributed by atoms with van der Waals surface area (Å²) >= 11 is 0. The van der Waals surface area contributed by atoms with Gasteiger partial charge in [-0.15, -0.1) is 0 Å². The summed E-state index contributed by atoms with van der Waals surface area (Å²) in [5.74, 6) is 6.60. The van der Waals surface area contributed by atoms with Crippen molar-refractivity contribution in [2.45, 2.75) is 24.7 Å². The average molecular weight is 232 g/mol. The average Bonchev–Trinajstić information content (AvgIpc) is 2.33. The zero-order valence-corrected chi connectivity index (χ0v) is 9.65. The van der Waals surface area contributed by atoms with E-state index in [1.54, 1.807) is 6.20 Å². The summed E-state index contributed by atoms with van der Waals surface area (Å²) in [7, 11) is 0. The Morgan fingerprint density at radius 2 is 2.18 bits per heavy atom. The molecule has 5 nitrogen and oxygen atoms in total. The monoisotopic (exact) mass is 232 g/mol. The van der Waals surface area contributed by atoms with Gasteiger partial charge in [-0.3, -0.25) is 10.6 Å². The summed E-state index contributed by atoms with van der Waals surface area (Å²) in [6.07, 6.45) is 4.13. The highest BCUT2D eigenvalue weighted by molar-refractivity contribution is 5.94. The fraction of sp³-hybridized carbons (Fsp3) is 0.500. The number of piperidine rings is 1. The van der Waals surface area contributed by atoms with Gasteiger partial charge in [0.15, 0.2) is 0 Å². The summed E-state index contributed by atoms with van der Waals surface area (Å²) in [5, 5.41) is 4.67. The van der Waals surface area contributed by atoms with Crippen LogP contribution in [0.5, 0.6) is 0 Å². The number of hydrogen-bond donors (Lipinski definition) is 2. The maximum atomic E-state index is 11.8. The zero-order chi connectivity index (χ0) is 11.9. The smallest absolute Gasteiger partial charge is 0.226 e. The standard InChI is InChI=1S/C12H16N4O/c13-16-6-3-12(4-7-16)8-10(17)15-11-9(12)2-1-5-14-11/h1-2,5H,3-4,6-8,13H2,(H,14,15,17). The van der Waals surface area contributed by atoms with E-state index in [0.717, 1.165) is 31.7 Å². The predicted molar refractivity (Wildman–Crippen MR) is 64.2 cm³/mol. The van der Waals surface area contributed by atoms with E-state index >= 15 is 0 Å². The van der Waals surface area contributed by atoms with Crippen LogP contribution >= 0.6 is 0 Å². The van der Waals surface area contributed by atoms with Crippen LogP contribution in [-0.2, 0) is 10.2 Å². The lowest BCUT2D eigenvalue weighted by molar-refractivity contribution is -0.118. The molecular formula is C12H16N4O. The Morgan fingerprint density at radius 3 is 2.94 bits per heavy atom. The van der Waals surface area contributed by atoms with Crippen LogP contribution in [0.3, 0.4) is 0 Å². The molecule has 2 aliphatic heterocycles. The number of pyridine rings is 1. The SMILES string of the molecule is NN1CCC2(CC1)CC(=O)Nc1ncccc12. The Labute approximate surface area is 100.0 Å². The number of nitrogens with zero attached hydrogens (tertiary/aromatic N) is 2. The minimum Gasteiger partial charge on any atom is -0.310 e. The fourth-order valence-electron chi connectivity index (χ4n) is 2.91. The Balaban J connectivity index is 2.02. The molecule has 0 aromatic carbocycles. The first-order valence-electron chi connectivity index (χ1n) is 5.95. The Morgan fingerprint density at radius 1 is 1.41 bits per heavy atom. The molecule has 0 aliphatic carbocycles. The van der Waals surface area contributed by atoms with Crippen LogP contribution in [0.4, 0.5) is 5.82 Å². The summed E-state index contributed by atoms with van der Waals surface area (Å²) in [5.41, 5.74) is 1.12. The van der Waals surface area contributed by atoms with Crippen molar-refractivity contribution >= 4 is 11.7 Å². The maximum absolute atomic E-state index is 11.8. The second-order valence-electron chi connectivity index (χ2n) is 4.94. The number of anilines is 1. The van der Waals surface area contributed by atoms with E-state index in [2.05, 4.69) is 16.4 Å². The molecule has 1 saturated heterocycles. The summed E-state index contributed by atoms with van der Waals surface area (Å²) in [6, 6.07) is 4.01. The number of aromatic nitrogens is 1. The number of carbonyl (C=O) groups excluding carboxylic acids is 1. The third-order valence-corrected chi connectivity index (χ3v) is 3.89. The molecule has 2 aliphatic rings. The van der Waals surface area contributed by atoms with E-state index in [9.17, 15) is 4.79 Å². The van der Waals surface area contributed by atoms with Gasteiger partial charge in [-0.2, -0.15) is 0 Å². The summed E-state index contributed by atoms with van der Waals surface area (Å²) in [4.78, 5) is 16.0. The molecule has 3 heterocycles. The minimum absolute atomic E-state index is 0.0538. The van der Waals surface area contributed by atoms with Gasteiger partial charge >= 0.3 is 0 Å². The van der Waals surface area contributed by atoms with Gasteiger partial charge in [0.1, 0.15) is 5.82 Å². The van der Waals surface area contributed by atoms with Gasteiger partial charge in [0.2, 0.25) is 5.91 Å². The van der Waals surface area contributed by atoms with E-state index in [-0.39, 0.29) is 11.3 Å². The summed E-state index contributed by atoms with van der Waals surface area (Å²) in [6.45, 7) is 1.67. The number of amides is 1. The van der Waals surface area contributed by atoms with Gasteiger partial charge in [-0.25, -0.2) is 9.99 Å². The lowest BCUT2D eigenvalue weighted by Crippen LogP contribution is -2.49. The van der Waals surface area contributed by atoms with Crippen LogP contribution in [0.2, 0.25) is 0 Å². The Bertz CT molecular complexity index is 452. The van der Waals surface area contributed by atoms with Crippen LogP contribution in [-0.4, -0.2) is 29.0 Å². The zero-order valence-electron chi connectivity index (χ0n) is 9.65. The van der Waals surface area contributed by atoms with Crippen molar-refractivity contribution in [2.75, 3.05) is 18.4 Å². The minimum atomic E-state index is -0.0538. The van der Waals surface area contributed by atoms with E-state index in [4.69, 9.17) is 5.84 Å². The predicted octanol–water partition coefficient (Wildman–Crippen LogP) is 0.631. The molecule has 1 spiro atoms. The fourth-order valence-corrected chi connectivity index (χ4v) is 2.91. The third kappa shape index (κ3) is 1.71. The largest absolute Gasteiger partial charge is 0.310 e. The second-order valence-corrected chi connectivity index (χ2v) is 4.94. The van der Waals surface area contributed by atoms with Gasteiger partial charge in [-0.05, 0) is 18.9 Å². The first-order chi connectivity index (χ1) is 8.20. The van der Waals surface area contributed by atoms with Crippen molar-refractivity contribution in [3.8, 4) is 0 Å². The van der Waals surface area contributed by atoms with Gasteiger partial charge in [0.25, 0.3) is 0 Å². The third-order valence-electron chi connectivity index (χ3n) is 3.89. The van der Waals surface area contributed by atoms with Gasteiger partial charge in [0.05, 0.1) is 0 Å². The van der Waals surface area contributed by atoms with Gasteiger partial charge < -0.3 is 5.32 Å². The highest BCUT2D eigenvalue weighted by Gasteiger charge is 2.42. The number of hydrazine groups is 1. The Kier molecular flexibility index (Phi) is 2.38. The van der Waals surface area contributed by atoms with Crippen molar-refractivity contribution in [3.63, 3.8) is 0 Å². The molecule has 3 N–H and O–H groups in total. The highest BCUT2D eigenvalue weighted by Crippen LogP contribution is 2.43. The molecule has 90 valence electrons. The molecule has 5 heteroatoms. The van der Waals surface area contributed by atoms with E-state index in [1.165, 1.54) is 5.56 Å². The van der Waals surface area contributed by atoms with Crippen molar-refractivity contribution in [2.24, 2.45) is 5.84 Å². The van der Waals surface area contributed by atoms with E-state index in [0.29, 0.717) is 6.42 Å². The van der Waals surface area contributed by atoms with Crippen molar-refractivity contribution < 1.29 is 4.79 Å². The number of nitrogens with one attached hydrogen (secondary N) is 1. The molecule has 0 radical (unpaired) electrons. The lowest BCUT2D eigenvalue weighted by Gasteiger charge is -2.43. The number of nitrogens with two attached hydrogens (primary N) is 1. The molecule has 1 aromatic heterocycles. The van der Waals surface area contributed by atoms with Crippen LogP contribution in [0, 0.1) is 0 Å². The van der Waals surface area contributed by atoms with Crippen LogP contribution in [0.1, 0.15) is 24.8 Å². The van der Waals surface area contributed by atoms with Crippen molar-refractivity contribution in [3.05, 3.63) is 23.9 Å². The quantitative estimate of drug-likeness (QED) is 0.644. The van der Waals surface area contributed by atoms with Crippen LogP contribution < -0.4 is 11.2 Å². The van der Waals surface area contributed by atoms with E-state index < -0.39 is 0 Å². The number of fused-ring (bicyclic) bond motifs is 2. The maximum Gasteiger partial charge on any atom is 0.226 e. The molecule has 17 heavy (non-hydrogen) atoms. The molecule has 0 bridgehead atoms. The molecular weight excluding hydrogens is 216 g/mol. The molecule has 0 atom stereocenters. The first kappa shape index (κ1) is 10.7. The molecule has 1 fully saturated rings. The second kappa shape index (κ2) is 3.78. The molecule has 1 amide bonds. The normalized spacial score (nSPS) is 23.2. The number of carbonyl (C=O) groups is 1. The highest BCUT2D eigenvalue weighted by atomic mass is 16.1. The molecule has 0 unspecified atom stereocenters. The summed E-state index contributed by atoms with van der Waals surface area (Å²) < 4.78 is 0. The number of hydrogen-bond acceptors (Lipinski definition) is 4. The van der Waals surface area contributed by atoms with Crippen molar-refractivity contribution in [1.82, 2.24) is 9.99 Å². The molecule has 0 saturated carbocycles. The van der Waals surface area contributed by atoms with Crippen molar-refractivity contribution in [1.29, 1.82) is 0 Å². The van der Waals surface area contributed by atoms with Crippen LogP contribution in [0.15, 0.2) is 18.3 Å². The van der Waals surface area contributed by atoms with E-state index in [1.807, 2.05) is 11.1 Å². The molecule has 3 rings (SSSR count).